The molecule has 5 nitrogen and oxygen atoms in total. The molecule has 6 heteroatoms. The van der Waals surface area contributed by atoms with Crippen LogP contribution >= 0.6 is 0 Å². The Morgan fingerprint density at radius 2 is 0.430 bits per heavy atom. The number of hydrogen-bond acceptors (Lipinski definition) is 3. The first-order chi connectivity index (χ1) is 63.5. The van der Waals surface area contributed by atoms with Crippen LogP contribution in [0.5, 0.6) is 0 Å². The van der Waals surface area contributed by atoms with Crippen LogP contribution in [-0.2, 0) is 0 Å². The molecule has 0 aliphatic carbocycles. The molecule has 0 saturated heterocycles. The van der Waals surface area contributed by atoms with Crippen LogP contribution in [0.3, 0.4) is 0 Å². The second kappa shape index (κ2) is 31.8. The molecule has 5 heterocycles. The van der Waals surface area contributed by atoms with Gasteiger partial charge in [-0.1, -0.05) is 400 Å². The predicted octanol–water partition coefficient (Wildman–Crippen LogP) is 30.9. The highest BCUT2D eigenvalue weighted by molar-refractivity contribution is 7.00. The zero-order chi connectivity index (χ0) is 84.5. The van der Waals surface area contributed by atoms with Crippen molar-refractivity contribution in [3.63, 3.8) is 0 Å². The number of anilines is 6. The molecule has 0 unspecified atom stereocenters. The summed E-state index contributed by atoms with van der Waals surface area (Å²) in [5.74, 6) is 0. The minimum atomic E-state index is -0.384. The van der Waals surface area contributed by atoms with E-state index in [1.165, 1.54) is 5.46 Å². The predicted molar refractivity (Wildman–Crippen MR) is 537 cm³/mol. The Morgan fingerprint density at radius 3 is 0.742 bits per heavy atom. The van der Waals surface area contributed by atoms with Gasteiger partial charge in [0.2, 0.25) is 0 Å². The van der Waals surface area contributed by atoms with E-state index in [9.17, 15) is 0 Å². The van der Waals surface area contributed by atoms with Gasteiger partial charge in [-0.15, -0.1) is 0 Å². The van der Waals surface area contributed by atoms with Crippen molar-refractivity contribution >= 4 is 79.2 Å². The van der Waals surface area contributed by atoms with Crippen molar-refractivity contribution in [2.24, 2.45) is 0 Å². The van der Waals surface area contributed by atoms with Gasteiger partial charge in [0.05, 0.1) is 22.8 Å². The quantitative estimate of drug-likeness (QED) is 0.0851. The van der Waals surface area contributed by atoms with E-state index in [-0.39, 0.29) is 6.71 Å². The van der Waals surface area contributed by atoms with Gasteiger partial charge in [0.1, 0.15) is 11.2 Å². The minimum Gasteiger partial charge on any atom is -0.456 e. The van der Waals surface area contributed by atoms with Crippen molar-refractivity contribution < 1.29 is 4.42 Å². The van der Waals surface area contributed by atoms with E-state index in [0.29, 0.717) is 0 Å². The van der Waals surface area contributed by atoms with Gasteiger partial charge in [-0.2, -0.15) is 0 Å². The van der Waals surface area contributed by atoms with Gasteiger partial charge >= 0.3 is 0 Å². The molecular weight excluding hydrogens is 1550 g/mol. The maximum absolute atomic E-state index is 6.76. The van der Waals surface area contributed by atoms with Crippen LogP contribution < -0.4 is 26.2 Å². The Labute approximate surface area is 745 Å². The van der Waals surface area contributed by atoms with Crippen molar-refractivity contribution in [2.75, 3.05) is 9.80 Å². The number of hydrogen-bond donors (Lipinski definition) is 0. The first kappa shape index (κ1) is 75.0. The Bertz CT molecular complexity index is 7200. The first-order valence-electron chi connectivity index (χ1n) is 44.0. The third-order valence-corrected chi connectivity index (χ3v) is 25.8. The Balaban J connectivity index is 0.876. The van der Waals surface area contributed by atoms with E-state index in [1.807, 2.05) is 0 Å². The van der Waals surface area contributed by atoms with Crippen LogP contribution in [0.2, 0.25) is 0 Å². The molecule has 0 bridgehead atoms. The van der Waals surface area contributed by atoms with Crippen molar-refractivity contribution in [1.29, 1.82) is 0 Å². The van der Waals surface area contributed by atoms with Crippen LogP contribution in [0.15, 0.2) is 496 Å². The molecule has 2 aliphatic heterocycles. The number of fused-ring (bicyclic) bond motifs is 7. The second-order valence-electron chi connectivity index (χ2n) is 33.3. The van der Waals surface area contributed by atoms with Crippen molar-refractivity contribution in [3.05, 3.63) is 491 Å². The van der Waals surface area contributed by atoms with Crippen LogP contribution in [0.4, 0.5) is 34.1 Å². The summed E-state index contributed by atoms with van der Waals surface area (Å²) in [5.41, 5.74) is 42.1. The minimum absolute atomic E-state index is 0.384. The fourth-order valence-corrected chi connectivity index (χ4v) is 20.2. The van der Waals surface area contributed by atoms with Crippen LogP contribution in [0.25, 0.3) is 178 Å². The first-order valence-corrected chi connectivity index (χ1v) is 44.0. The maximum Gasteiger partial charge on any atom is 0.252 e. The van der Waals surface area contributed by atoms with E-state index >= 15 is 0 Å². The van der Waals surface area contributed by atoms with Crippen molar-refractivity contribution in [2.45, 2.75) is 0 Å². The molecule has 0 fully saturated rings. The molecule has 0 N–H and O–H groups in total. The van der Waals surface area contributed by atoms with Gasteiger partial charge in [-0.25, -0.2) is 0 Å². The molecule has 3 aromatic heterocycles. The highest BCUT2D eigenvalue weighted by Gasteiger charge is 2.46. The molecule has 19 aromatic carbocycles. The smallest absolute Gasteiger partial charge is 0.252 e. The van der Waals surface area contributed by atoms with Gasteiger partial charge < -0.3 is 23.4 Å². The average molecular weight is 1630 g/mol. The van der Waals surface area contributed by atoms with E-state index in [0.717, 1.165) is 224 Å². The SMILES string of the molecule is c1ccc(-c2cc(-c3ccccc3)cc(N3c4cc(-n5c(-c6ccccc6)c(-c6ccccc6)c(-c6ccccc6)c5-c5ccccc5)ccc4B4c5ccc(-n6c(-c7ccccc7)c(-c7ccccc7)c(-c7ccccc7)c6-c6ccccc6)cc5N(c5cc(-c6ccccc6)cc(-c6ccccc6)c5)c5cc(-c6ccc7oc8ccccc8c7c6)cc3c54)c2)cc1. The summed E-state index contributed by atoms with van der Waals surface area (Å²) in [7, 11) is 0. The van der Waals surface area contributed by atoms with Gasteiger partial charge in [0.25, 0.3) is 6.71 Å². The monoisotopic (exact) mass is 1630 g/mol. The largest absolute Gasteiger partial charge is 0.456 e. The highest BCUT2D eigenvalue weighted by Crippen LogP contribution is 2.56. The van der Waals surface area contributed by atoms with Gasteiger partial charge in [-0.05, 0) is 208 Å². The fourth-order valence-electron chi connectivity index (χ4n) is 20.2. The van der Waals surface area contributed by atoms with Crippen molar-refractivity contribution in [3.8, 4) is 157 Å². The lowest BCUT2D eigenvalue weighted by molar-refractivity contribution is 0.669. The molecule has 0 spiro atoms. The standard InChI is InChI=1S/C122H81BN4O/c1-13-39-82(40-14-1)95-71-96(83-41-15-2-16-42-83)74-102(73-95)124-108-80-100(126-119(90-55-29-9-30-56-90)114(86-47-21-5-22-48-86)115(87-49-23-6-24-50-87)120(126)91-57-31-10-32-58-91)66-68-106(108)123-107-69-67-101(127-121(92-59-33-11-34-60-92)116(88-51-25-7-26-52-88)117(89-53-27-8-28-54-89)122(127)93-61-35-12-36-62-93)81-109(107)125(103-75-97(84-43-17-3-18-44-84)72-98(76-103)85-45-19-4-20-46-85)111-79-99(78-110(124)118(111)123)94-65-70-113-105(77-94)104-63-37-38-64-112(104)128-113/h1-81H. The zero-order valence-corrected chi connectivity index (χ0v) is 70.0. The Hall–Kier alpha value is -16.8. The molecule has 598 valence electrons. The second-order valence-corrected chi connectivity index (χ2v) is 33.3. The number of rotatable bonds is 17. The van der Waals surface area contributed by atoms with Gasteiger partial charge in [0.15, 0.2) is 0 Å². The summed E-state index contributed by atoms with van der Waals surface area (Å²) in [6.45, 7) is -0.384. The molecule has 24 rings (SSSR count). The topological polar surface area (TPSA) is 29.5 Å². The molecular formula is C122H81BN4O. The summed E-state index contributed by atoms with van der Waals surface area (Å²) < 4.78 is 11.9. The van der Waals surface area contributed by atoms with Crippen molar-refractivity contribution in [1.82, 2.24) is 9.13 Å². The van der Waals surface area contributed by atoms with Crippen LogP contribution in [0.1, 0.15) is 0 Å². The average Bonchev–Trinajstić information content (AvgIpc) is 0.863. The lowest BCUT2D eigenvalue weighted by Crippen LogP contribution is -2.61. The Morgan fingerprint density at radius 1 is 0.164 bits per heavy atom. The molecule has 0 atom stereocenters. The normalized spacial score (nSPS) is 12.0. The van der Waals surface area contributed by atoms with Crippen LogP contribution in [-0.4, -0.2) is 15.8 Å². The third-order valence-electron chi connectivity index (χ3n) is 25.8. The van der Waals surface area contributed by atoms with E-state index in [1.54, 1.807) is 0 Å². The summed E-state index contributed by atoms with van der Waals surface area (Å²) in [6, 6.07) is 182. The zero-order valence-electron chi connectivity index (χ0n) is 70.0. The molecule has 2 aliphatic rings. The lowest BCUT2D eigenvalue weighted by atomic mass is 9.33. The summed E-state index contributed by atoms with van der Waals surface area (Å²) in [4.78, 5) is 5.29. The molecule has 22 aromatic rings. The number of benzene rings is 19. The van der Waals surface area contributed by atoms with Gasteiger partial charge in [0, 0.05) is 78.5 Å². The molecule has 0 radical (unpaired) electrons. The number of nitrogens with zero attached hydrogens (tertiary/aromatic N) is 4. The number of furan rings is 1. The third kappa shape index (κ3) is 13.0. The molecule has 0 amide bonds. The lowest BCUT2D eigenvalue weighted by Gasteiger charge is -2.45. The Kier molecular flexibility index (Phi) is 18.6. The maximum atomic E-state index is 6.76. The van der Waals surface area contributed by atoms with E-state index < -0.39 is 0 Å². The fraction of sp³-hybridized carbons (Fsp3) is 0. The summed E-state index contributed by atoms with van der Waals surface area (Å²) in [6.07, 6.45) is 0. The number of para-hydroxylation sites is 1. The number of aromatic nitrogens is 2. The molecule has 0 saturated carbocycles. The summed E-state index contributed by atoms with van der Waals surface area (Å²) in [5, 5.41) is 2.11. The molecule has 128 heavy (non-hydrogen) atoms. The van der Waals surface area contributed by atoms with E-state index in [2.05, 4.69) is 510 Å². The summed E-state index contributed by atoms with van der Waals surface area (Å²) >= 11 is 0. The van der Waals surface area contributed by atoms with E-state index in [4.69, 9.17) is 4.42 Å². The highest BCUT2D eigenvalue weighted by atomic mass is 16.3. The van der Waals surface area contributed by atoms with Crippen LogP contribution in [0, 0.1) is 0 Å². The van der Waals surface area contributed by atoms with Gasteiger partial charge in [-0.3, -0.25) is 0 Å².